The fraction of sp³-hybridized carbons (Fsp3) is 0.450. The van der Waals surface area contributed by atoms with E-state index in [9.17, 15) is 24.2 Å². The lowest BCUT2D eigenvalue weighted by Gasteiger charge is -2.32. The van der Waals surface area contributed by atoms with Gasteiger partial charge in [-0.2, -0.15) is 5.10 Å². The fourth-order valence-electron chi connectivity index (χ4n) is 4.61. The lowest BCUT2D eigenvalue weighted by Crippen LogP contribution is -2.46. The molecule has 2 heterocycles. The monoisotopic (exact) mass is 387 g/mol. The molecular weight excluding hydrogens is 365 g/mol. The van der Waals surface area contributed by atoms with Crippen molar-refractivity contribution >= 4 is 11.9 Å². The Balaban J connectivity index is 1.69. The lowest BCUT2D eigenvalue weighted by molar-refractivity contribution is -0.141. The SMILES string of the molecule is Cc1cc(F)ccc1-n1cc(O)c(C(=O)N2C(C(=O)O)CC3CCCCC32)n1. The number of aryl methyl sites for hydroxylation is 1. The molecule has 0 spiro atoms. The van der Waals surface area contributed by atoms with Gasteiger partial charge in [0.2, 0.25) is 0 Å². The molecule has 2 fully saturated rings. The number of carbonyl (C=O) groups excluding carboxylic acids is 1. The first-order valence-electron chi connectivity index (χ1n) is 9.47. The molecule has 3 unspecified atom stereocenters. The molecule has 3 atom stereocenters. The Hall–Kier alpha value is -2.90. The van der Waals surface area contributed by atoms with Crippen molar-refractivity contribution in [2.45, 2.75) is 51.1 Å². The number of halogens is 1. The van der Waals surface area contributed by atoms with Crippen molar-refractivity contribution in [1.29, 1.82) is 0 Å². The third-order valence-electron chi connectivity index (χ3n) is 5.91. The average Bonchev–Trinajstić information content (AvgIpc) is 3.22. The minimum absolute atomic E-state index is 0.139. The van der Waals surface area contributed by atoms with Crippen LogP contribution in [-0.4, -0.2) is 48.9 Å². The van der Waals surface area contributed by atoms with Crippen LogP contribution in [0.2, 0.25) is 0 Å². The molecule has 2 aliphatic rings. The predicted octanol–water partition coefficient (Wildman–Crippen LogP) is 2.88. The summed E-state index contributed by atoms with van der Waals surface area (Å²) in [7, 11) is 0. The van der Waals surface area contributed by atoms with Crippen molar-refractivity contribution < 1.29 is 24.2 Å². The molecule has 0 bridgehead atoms. The number of hydrogen-bond donors (Lipinski definition) is 2. The van der Waals surface area contributed by atoms with E-state index in [4.69, 9.17) is 0 Å². The van der Waals surface area contributed by atoms with Crippen molar-refractivity contribution in [3.8, 4) is 11.4 Å². The van der Waals surface area contributed by atoms with Gasteiger partial charge in [0.15, 0.2) is 11.4 Å². The van der Waals surface area contributed by atoms with Gasteiger partial charge in [0.1, 0.15) is 11.9 Å². The van der Waals surface area contributed by atoms with E-state index in [1.54, 1.807) is 6.92 Å². The molecule has 1 aliphatic carbocycles. The van der Waals surface area contributed by atoms with Crippen LogP contribution < -0.4 is 0 Å². The number of amides is 1. The van der Waals surface area contributed by atoms with E-state index in [2.05, 4.69) is 5.10 Å². The van der Waals surface area contributed by atoms with Crippen LogP contribution in [0.25, 0.3) is 5.69 Å². The summed E-state index contributed by atoms with van der Waals surface area (Å²) < 4.78 is 14.7. The van der Waals surface area contributed by atoms with E-state index in [1.165, 1.54) is 34.0 Å². The van der Waals surface area contributed by atoms with E-state index < -0.39 is 23.7 Å². The summed E-state index contributed by atoms with van der Waals surface area (Å²) in [6.45, 7) is 1.70. The Morgan fingerprint density at radius 1 is 1.25 bits per heavy atom. The van der Waals surface area contributed by atoms with Crippen molar-refractivity contribution in [2.75, 3.05) is 0 Å². The maximum atomic E-state index is 13.4. The second-order valence-corrected chi connectivity index (χ2v) is 7.65. The van der Waals surface area contributed by atoms with Gasteiger partial charge in [-0.25, -0.2) is 13.9 Å². The molecule has 2 N–H and O–H groups in total. The minimum atomic E-state index is -1.03. The number of rotatable bonds is 3. The first-order valence-corrected chi connectivity index (χ1v) is 9.47. The molecule has 1 saturated carbocycles. The topological polar surface area (TPSA) is 95.7 Å². The summed E-state index contributed by atoms with van der Waals surface area (Å²) in [6, 6.07) is 3.08. The first-order chi connectivity index (χ1) is 13.4. The third-order valence-corrected chi connectivity index (χ3v) is 5.91. The van der Waals surface area contributed by atoms with Gasteiger partial charge in [0.05, 0.1) is 11.9 Å². The molecule has 4 rings (SSSR count). The quantitative estimate of drug-likeness (QED) is 0.844. The number of hydrogen-bond acceptors (Lipinski definition) is 4. The summed E-state index contributed by atoms with van der Waals surface area (Å²) in [5.41, 5.74) is 0.946. The number of carbonyl (C=O) groups is 2. The molecule has 28 heavy (non-hydrogen) atoms. The smallest absolute Gasteiger partial charge is 0.326 e. The van der Waals surface area contributed by atoms with Crippen molar-refractivity contribution in [3.63, 3.8) is 0 Å². The van der Waals surface area contributed by atoms with E-state index in [-0.39, 0.29) is 23.4 Å². The van der Waals surface area contributed by atoms with Crippen LogP contribution in [0.5, 0.6) is 5.75 Å². The molecule has 1 saturated heterocycles. The number of aromatic nitrogens is 2. The zero-order chi connectivity index (χ0) is 20.0. The third kappa shape index (κ3) is 3.02. The highest BCUT2D eigenvalue weighted by atomic mass is 19.1. The van der Waals surface area contributed by atoms with E-state index in [0.717, 1.165) is 25.7 Å². The Labute approximate surface area is 161 Å². The average molecular weight is 387 g/mol. The standard InChI is InChI=1S/C20H22FN3O4/c1-11-8-13(21)6-7-14(11)23-10-17(25)18(22-23)19(26)24-15-5-3-2-4-12(15)9-16(24)20(27)28/h6-8,10,12,15-16,25H,2-5,9H2,1H3,(H,27,28). The van der Waals surface area contributed by atoms with Crippen molar-refractivity contribution in [2.24, 2.45) is 5.92 Å². The molecule has 8 heteroatoms. The maximum Gasteiger partial charge on any atom is 0.326 e. The predicted molar refractivity (Wildman–Crippen MR) is 97.9 cm³/mol. The normalized spacial score (nSPS) is 24.2. The van der Waals surface area contributed by atoms with Gasteiger partial charge in [-0.15, -0.1) is 0 Å². The highest BCUT2D eigenvalue weighted by Gasteiger charge is 2.48. The number of nitrogens with zero attached hydrogens (tertiary/aromatic N) is 3. The molecule has 0 radical (unpaired) electrons. The highest BCUT2D eigenvalue weighted by Crippen LogP contribution is 2.41. The highest BCUT2D eigenvalue weighted by molar-refractivity contribution is 5.97. The number of carboxylic acids is 1. The molecule has 1 aromatic carbocycles. The Kier molecular flexibility index (Phi) is 4.56. The minimum Gasteiger partial charge on any atom is -0.504 e. The summed E-state index contributed by atoms with van der Waals surface area (Å²) in [6.07, 6.45) is 5.39. The molecular formula is C20H22FN3O4. The molecule has 1 aliphatic heterocycles. The van der Waals surface area contributed by atoms with Crippen LogP contribution in [0.4, 0.5) is 4.39 Å². The van der Waals surface area contributed by atoms with Gasteiger partial charge in [0.25, 0.3) is 5.91 Å². The van der Waals surface area contributed by atoms with Gasteiger partial charge < -0.3 is 15.1 Å². The van der Waals surface area contributed by atoms with Crippen molar-refractivity contribution in [1.82, 2.24) is 14.7 Å². The number of carboxylic acid groups (broad SMARTS) is 1. The Morgan fingerprint density at radius 2 is 2.00 bits per heavy atom. The number of benzene rings is 1. The summed E-state index contributed by atoms with van der Waals surface area (Å²) in [5.74, 6) is -2.15. The number of fused-ring (bicyclic) bond motifs is 1. The number of aromatic hydroxyl groups is 1. The Bertz CT molecular complexity index is 942. The fourth-order valence-corrected chi connectivity index (χ4v) is 4.61. The van der Waals surface area contributed by atoms with Crippen LogP contribution in [0.15, 0.2) is 24.4 Å². The molecule has 7 nitrogen and oxygen atoms in total. The van der Waals surface area contributed by atoms with Crippen LogP contribution >= 0.6 is 0 Å². The van der Waals surface area contributed by atoms with Gasteiger partial charge in [-0.3, -0.25) is 4.79 Å². The summed E-state index contributed by atoms with van der Waals surface area (Å²) in [4.78, 5) is 26.3. The zero-order valence-electron chi connectivity index (χ0n) is 15.5. The lowest BCUT2D eigenvalue weighted by atomic mass is 9.84. The second-order valence-electron chi connectivity index (χ2n) is 7.65. The van der Waals surface area contributed by atoms with Gasteiger partial charge >= 0.3 is 5.97 Å². The maximum absolute atomic E-state index is 13.4. The van der Waals surface area contributed by atoms with Gasteiger partial charge in [-0.1, -0.05) is 12.8 Å². The van der Waals surface area contributed by atoms with Crippen LogP contribution in [-0.2, 0) is 4.79 Å². The molecule has 2 aromatic rings. The van der Waals surface area contributed by atoms with E-state index in [0.29, 0.717) is 17.7 Å². The van der Waals surface area contributed by atoms with Gasteiger partial charge in [0, 0.05) is 6.04 Å². The van der Waals surface area contributed by atoms with Crippen molar-refractivity contribution in [3.05, 3.63) is 41.5 Å². The van der Waals surface area contributed by atoms with Gasteiger partial charge in [-0.05, 0) is 55.9 Å². The van der Waals surface area contributed by atoms with Crippen LogP contribution in [0.3, 0.4) is 0 Å². The molecule has 148 valence electrons. The largest absolute Gasteiger partial charge is 0.504 e. The zero-order valence-corrected chi connectivity index (χ0v) is 15.5. The molecule has 1 aromatic heterocycles. The summed E-state index contributed by atoms with van der Waals surface area (Å²) >= 11 is 0. The van der Waals surface area contributed by atoms with E-state index in [1.807, 2.05) is 0 Å². The Morgan fingerprint density at radius 3 is 2.71 bits per heavy atom. The molecule has 1 amide bonds. The second kappa shape index (κ2) is 6.92. The van der Waals surface area contributed by atoms with Crippen LogP contribution in [0.1, 0.15) is 48.2 Å². The summed E-state index contributed by atoms with van der Waals surface area (Å²) in [5, 5.41) is 24.2. The number of likely N-dealkylation sites (tertiary alicyclic amines) is 1. The first kappa shape index (κ1) is 18.5. The van der Waals surface area contributed by atoms with E-state index >= 15 is 0 Å². The van der Waals surface area contributed by atoms with Crippen LogP contribution in [0, 0.1) is 18.7 Å². The number of aliphatic carboxylic acids is 1.